The maximum atomic E-state index is 13.1. The Hall–Kier alpha value is -3.98. The van der Waals surface area contributed by atoms with Gasteiger partial charge in [-0.15, -0.1) is 23.1 Å². The molecule has 2 aliphatic heterocycles. The molecule has 0 aromatic carbocycles. The second-order valence-electron chi connectivity index (χ2n) is 8.58. The van der Waals surface area contributed by atoms with Crippen LogP contribution in [0.4, 0.5) is 5.13 Å². The fourth-order valence-electron chi connectivity index (χ4n) is 3.57. The number of oxime groups is 1. The van der Waals surface area contributed by atoms with Crippen molar-refractivity contribution in [3.63, 3.8) is 0 Å². The Kier molecular flexibility index (Phi) is 7.18. The number of rotatable bonds is 9. The zero-order valence-corrected chi connectivity index (χ0v) is 21.3. The molecule has 15 heteroatoms. The average Bonchev–Trinajstić information content (AvgIpc) is 3.28. The highest BCUT2D eigenvalue weighted by atomic mass is 32.2. The van der Waals surface area contributed by atoms with E-state index in [-0.39, 0.29) is 22.2 Å². The number of pyridine rings is 1. The number of nitrogens with zero attached hydrogens (tertiary/aromatic N) is 4. The molecule has 0 spiro atoms. The minimum absolute atomic E-state index is 0.0365. The van der Waals surface area contributed by atoms with Gasteiger partial charge in [0.15, 0.2) is 29.8 Å². The van der Waals surface area contributed by atoms with Gasteiger partial charge in [0.2, 0.25) is 5.60 Å². The normalized spacial score (nSPS) is 19.7. The third-order valence-electron chi connectivity index (χ3n) is 5.55. The molecule has 0 radical (unpaired) electrons. The lowest BCUT2D eigenvalue weighted by Crippen LogP contribution is -2.71. The summed E-state index contributed by atoms with van der Waals surface area (Å²) in [4.78, 5) is 59.9. The van der Waals surface area contributed by atoms with Gasteiger partial charge in [0, 0.05) is 28.8 Å². The highest BCUT2D eigenvalue weighted by Gasteiger charge is 2.54. The van der Waals surface area contributed by atoms with E-state index in [1.54, 1.807) is 12.4 Å². The van der Waals surface area contributed by atoms with E-state index in [4.69, 9.17) is 10.6 Å². The second-order valence-corrected chi connectivity index (χ2v) is 10.6. The number of nitrogen functional groups attached to an aromatic ring is 1. The number of carbonyl (C=O) groups is 4. The molecule has 2 aliphatic rings. The van der Waals surface area contributed by atoms with Gasteiger partial charge in [-0.1, -0.05) is 11.2 Å². The van der Waals surface area contributed by atoms with Crippen LogP contribution in [0.2, 0.25) is 0 Å². The number of nitrogens with two attached hydrogens (primary N) is 1. The number of carboxylic acids is 2. The SMILES string of the molecule is CC(C)(O/N=C(/C(=O)N[C@@H]1C(=O)N2C(C(=O)O)=C(C[n+]3ccccc3)CS[C@@H]12)c1csc(N)n1)C(=O)O. The number of hydrogen-bond donors (Lipinski definition) is 4. The van der Waals surface area contributed by atoms with E-state index in [9.17, 15) is 29.4 Å². The topological polar surface area (TPSA) is 188 Å². The largest absolute Gasteiger partial charge is 0.478 e. The van der Waals surface area contributed by atoms with Crippen molar-refractivity contribution < 1.29 is 38.8 Å². The van der Waals surface area contributed by atoms with Crippen molar-refractivity contribution in [2.75, 3.05) is 11.5 Å². The number of aliphatic carboxylic acids is 2. The first-order chi connectivity index (χ1) is 17.5. The summed E-state index contributed by atoms with van der Waals surface area (Å²) in [5.41, 5.74) is 4.04. The van der Waals surface area contributed by atoms with Gasteiger partial charge in [0.05, 0.1) is 0 Å². The number of thiazole rings is 1. The number of aromatic nitrogens is 2. The Bertz CT molecular complexity index is 1320. The summed E-state index contributed by atoms with van der Waals surface area (Å²) >= 11 is 2.35. The summed E-state index contributed by atoms with van der Waals surface area (Å²) in [6.07, 6.45) is 3.59. The fourth-order valence-corrected chi connectivity index (χ4v) is 5.46. The van der Waals surface area contributed by atoms with Crippen molar-refractivity contribution in [2.24, 2.45) is 5.16 Å². The third-order valence-corrected chi connectivity index (χ3v) is 7.56. The Balaban J connectivity index is 1.55. The third kappa shape index (κ3) is 5.27. The van der Waals surface area contributed by atoms with E-state index < -0.39 is 40.8 Å². The molecule has 2 aromatic heterocycles. The van der Waals surface area contributed by atoms with E-state index in [2.05, 4.69) is 15.5 Å². The number of anilines is 1. The molecule has 4 rings (SSSR count). The molecule has 13 nitrogen and oxygen atoms in total. The zero-order chi connectivity index (χ0) is 26.9. The van der Waals surface area contributed by atoms with Crippen LogP contribution >= 0.6 is 23.1 Å². The van der Waals surface area contributed by atoms with Crippen molar-refractivity contribution in [1.82, 2.24) is 15.2 Å². The molecule has 2 aromatic rings. The molecule has 0 bridgehead atoms. The number of carbonyl (C=O) groups excluding carboxylic acids is 2. The Morgan fingerprint density at radius 1 is 1.30 bits per heavy atom. The van der Waals surface area contributed by atoms with Crippen molar-refractivity contribution in [1.29, 1.82) is 0 Å². The highest BCUT2D eigenvalue weighted by Crippen LogP contribution is 2.40. The van der Waals surface area contributed by atoms with Gasteiger partial charge in [0.25, 0.3) is 11.8 Å². The summed E-state index contributed by atoms with van der Waals surface area (Å²) < 4.78 is 1.81. The van der Waals surface area contributed by atoms with Crippen LogP contribution in [0.3, 0.4) is 0 Å². The Morgan fingerprint density at radius 2 is 2.00 bits per heavy atom. The quantitative estimate of drug-likeness (QED) is 0.144. The number of β-lactam (4-membered cyclic amide) rings is 1. The number of thioether (sulfide) groups is 1. The maximum Gasteiger partial charge on any atom is 0.352 e. The molecule has 0 unspecified atom stereocenters. The van der Waals surface area contributed by atoms with Crippen LogP contribution in [0.15, 0.2) is 52.4 Å². The van der Waals surface area contributed by atoms with Crippen molar-refractivity contribution in [3.8, 4) is 0 Å². The Labute approximate surface area is 218 Å². The zero-order valence-electron chi connectivity index (χ0n) is 19.7. The second kappa shape index (κ2) is 10.2. The van der Waals surface area contributed by atoms with E-state index in [1.807, 2.05) is 22.8 Å². The van der Waals surface area contributed by atoms with Gasteiger partial charge in [-0.05, 0) is 13.8 Å². The minimum atomic E-state index is -1.75. The molecule has 0 saturated carbocycles. The molecule has 5 N–H and O–H groups in total. The summed E-state index contributed by atoms with van der Waals surface area (Å²) in [6.45, 7) is 2.80. The van der Waals surface area contributed by atoms with Gasteiger partial charge < -0.3 is 26.1 Å². The summed E-state index contributed by atoms with van der Waals surface area (Å²) in [6, 6.07) is 4.44. The van der Waals surface area contributed by atoms with E-state index >= 15 is 0 Å². The molecule has 4 heterocycles. The van der Waals surface area contributed by atoms with Gasteiger partial charge in [-0.2, -0.15) is 0 Å². The number of carboxylic acid groups (broad SMARTS) is 2. The predicted molar refractivity (Wildman–Crippen MR) is 132 cm³/mol. The van der Waals surface area contributed by atoms with Crippen LogP contribution in [0, 0.1) is 0 Å². The van der Waals surface area contributed by atoms with Gasteiger partial charge in [-0.25, -0.2) is 19.1 Å². The van der Waals surface area contributed by atoms with Gasteiger partial charge >= 0.3 is 11.9 Å². The van der Waals surface area contributed by atoms with Crippen LogP contribution in [0.25, 0.3) is 0 Å². The lowest BCUT2D eigenvalue weighted by molar-refractivity contribution is -0.689. The molecular weight excluding hydrogens is 524 g/mol. The Morgan fingerprint density at radius 3 is 2.59 bits per heavy atom. The van der Waals surface area contributed by atoms with Gasteiger partial charge in [0.1, 0.15) is 22.8 Å². The van der Waals surface area contributed by atoms with Crippen LogP contribution in [0.5, 0.6) is 0 Å². The smallest absolute Gasteiger partial charge is 0.352 e. The summed E-state index contributed by atoms with van der Waals surface area (Å²) in [5.74, 6) is -3.66. The number of hydrogen-bond acceptors (Lipinski definition) is 10. The molecule has 1 saturated heterocycles. The molecule has 2 amide bonds. The monoisotopic (exact) mass is 547 g/mol. The fraction of sp³-hybridized carbons (Fsp3) is 0.318. The first-order valence-electron chi connectivity index (χ1n) is 10.9. The number of amides is 2. The first kappa shape index (κ1) is 26.1. The van der Waals surface area contributed by atoms with E-state index in [0.717, 1.165) is 11.3 Å². The first-order valence-corrected chi connectivity index (χ1v) is 12.8. The maximum absolute atomic E-state index is 13.1. The van der Waals surface area contributed by atoms with Gasteiger partial charge in [-0.3, -0.25) is 14.5 Å². The molecule has 37 heavy (non-hydrogen) atoms. The van der Waals surface area contributed by atoms with Crippen LogP contribution < -0.4 is 15.6 Å². The lowest BCUT2D eigenvalue weighted by atomic mass is 10.0. The summed E-state index contributed by atoms with van der Waals surface area (Å²) in [5, 5.41) is 26.3. The number of fused-ring (bicyclic) bond motifs is 1. The minimum Gasteiger partial charge on any atom is -0.478 e. The predicted octanol–water partition coefficient (Wildman–Crippen LogP) is 0.0355. The standard InChI is InChI=1S/C22H22N6O7S2/c1-22(2,20(33)34)35-26-13(12-10-37-21(23)24-12)16(29)25-14-17(30)28-15(19(31)32)11(9-36-18(14)28)8-27-6-4-3-5-7-27/h3-7,10,14,18H,8-9H2,1-2H3,(H4-,23,24,25,29,31,32,33,34)/p+1/b26-13+/t14-,18+/m1/s1. The molecule has 0 aliphatic carbocycles. The van der Waals surface area contributed by atoms with Crippen molar-refractivity contribution >= 4 is 57.7 Å². The van der Waals surface area contributed by atoms with Crippen LogP contribution in [-0.2, 0) is 30.6 Å². The molecule has 194 valence electrons. The lowest BCUT2D eigenvalue weighted by Gasteiger charge is -2.49. The van der Waals surface area contributed by atoms with Crippen LogP contribution in [0.1, 0.15) is 19.5 Å². The van der Waals surface area contributed by atoms with E-state index in [1.165, 1.54) is 35.9 Å². The van der Waals surface area contributed by atoms with Crippen LogP contribution in [-0.4, -0.2) is 72.3 Å². The molecule has 1 fully saturated rings. The van der Waals surface area contributed by atoms with Crippen molar-refractivity contribution in [2.45, 2.75) is 37.4 Å². The molecular formula is C22H23N6O7S2+. The van der Waals surface area contributed by atoms with E-state index in [0.29, 0.717) is 17.9 Å². The average molecular weight is 548 g/mol. The number of nitrogens with one attached hydrogen (secondary N) is 1. The highest BCUT2D eigenvalue weighted by molar-refractivity contribution is 8.00. The molecule has 2 atom stereocenters. The summed E-state index contributed by atoms with van der Waals surface area (Å²) in [7, 11) is 0. The van der Waals surface area contributed by atoms with Crippen molar-refractivity contribution in [3.05, 3.63) is 52.9 Å².